The molecular weight excluding hydrogens is 140 g/mol. The summed E-state index contributed by atoms with van der Waals surface area (Å²) in [6, 6.07) is 0. The summed E-state index contributed by atoms with van der Waals surface area (Å²) < 4.78 is 10.8. The van der Waals surface area contributed by atoms with Crippen molar-refractivity contribution in [2.45, 2.75) is 33.3 Å². The first-order valence-electron chi connectivity index (χ1n) is 4.27. The molecule has 0 bridgehead atoms. The van der Waals surface area contributed by atoms with Gasteiger partial charge in [0.15, 0.2) is 0 Å². The first-order chi connectivity index (χ1) is 5.08. The van der Waals surface area contributed by atoms with Crippen molar-refractivity contribution in [1.29, 1.82) is 0 Å². The fraction of sp³-hybridized carbons (Fsp3) is 1.00. The van der Waals surface area contributed by atoms with Gasteiger partial charge < -0.3 is 9.47 Å². The van der Waals surface area contributed by atoms with Gasteiger partial charge in [-0.3, -0.25) is 0 Å². The van der Waals surface area contributed by atoms with Crippen molar-refractivity contribution in [3.8, 4) is 0 Å². The largest absolute Gasteiger partial charge is 0.376 e. The summed E-state index contributed by atoms with van der Waals surface area (Å²) >= 11 is 0. The molecule has 0 N–H and O–H groups in total. The molecule has 11 heavy (non-hydrogen) atoms. The Morgan fingerprint density at radius 3 is 2.45 bits per heavy atom. The Morgan fingerprint density at radius 2 is 2.00 bits per heavy atom. The van der Waals surface area contributed by atoms with Crippen molar-refractivity contribution in [3.63, 3.8) is 0 Å². The van der Waals surface area contributed by atoms with E-state index in [1.807, 2.05) is 0 Å². The standard InChI is InChI=1S/C9H18O2/c1-9(2,3)6-8-7-10-4-5-11-8/h8H,4-7H2,1-3H3. The van der Waals surface area contributed by atoms with Gasteiger partial charge in [-0.1, -0.05) is 20.8 Å². The molecule has 0 spiro atoms. The van der Waals surface area contributed by atoms with Crippen molar-refractivity contribution < 1.29 is 9.47 Å². The molecule has 1 atom stereocenters. The quantitative estimate of drug-likeness (QED) is 0.579. The molecule has 1 aliphatic rings. The minimum absolute atomic E-state index is 0.323. The summed E-state index contributed by atoms with van der Waals surface area (Å²) in [6.45, 7) is 8.99. The SMILES string of the molecule is CC(C)(C)CC1COCCO1. The monoisotopic (exact) mass is 158 g/mol. The lowest BCUT2D eigenvalue weighted by molar-refractivity contribution is -0.100. The highest BCUT2D eigenvalue weighted by atomic mass is 16.6. The van der Waals surface area contributed by atoms with Crippen LogP contribution in [0.25, 0.3) is 0 Å². The lowest BCUT2D eigenvalue weighted by atomic mass is 9.89. The number of ether oxygens (including phenoxy) is 2. The molecule has 0 aromatic rings. The van der Waals surface area contributed by atoms with Crippen LogP contribution in [0.15, 0.2) is 0 Å². The molecule has 2 nitrogen and oxygen atoms in total. The zero-order valence-electron chi connectivity index (χ0n) is 7.72. The predicted molar refractivity (Wildman–Crippen MR) is 44.6 cm³/mol. The van der Waals surface area contributed by atoms with Gasteiger partial charge in [0.05, 0.1) is 25.9 Å². The van der Waals surface area contributed by atoms with Gasteiger partial charge in [0.25, 0.3) is 0 Å². The van der Waals surface area contributed by atoms with E-state index in [0.717, 1.165) is 26.2 Å². The second kappa shape index (κ2) is 3.55. The average molecular weight is 158 g/mol. The van der Waals surface area contributed by atoms with E-state index in [-0.39, 0.29) is 0 Å². The van der Waals surface area contributed by atoms with E-state index < -0.39 is 0 Å². The van der Waals surface area contributed by atoms with Crippen LogP contribution >= 0.6 is 0 Å². The van der Waals surface area contributed by atoms with Gasteiger partial charge in [-0.25, -0.2) is 0 Å². The molecule has 66 valence electrons. The van der Waals surface area contributed by atoms with Crippen molar-refractivity contribution in [3.05, 3.63) is 0 Å². The Labute approximate surface area is 68.9 Å². The van der Waals surface area contributed by atoms with Crippen molar-refractivity contribution >= 4 is 0 Å². The van der Waals surface area contributed by atoms with Gasteiger partial charge in [0, 0.05) is 0 Å². The summed E-state index contributed by atoms with van der Waals surface area (Å²) in [5.41, 5.74) is 0.353. The minimum atomic E-state index is 0.323. The third-order valence-corrected chi connectivity index (χ3v) is 1.73. The van der Waals surface area contributed by atoms with E-state index in [9.17, 15) is 0 Å². The van der Waals surface area contributed by atoms with E-state index in [4.69, 9.17) is 9.47 Å². The summed E-state index contributed by atoms with van der Waals surface area (Å²) in [4.78, 5) is 0. The first kappa shape index (κ1) is 9.01. The van der Waals surface area contributed by atoms with Crippen LogP contribution < -0.4 is 0 Å². The molecule has 0 saturated carbocycles. The van der Waals surface area contributed by atoms with Crippen LogP contribution in [0.1, 0.15) is 27.2 Å². The van der Waals surface area contributed by atoms with Crippen LogP contribution in [0.4, 0.5) is 0 Å². The Hall–Kier alpha value is -0.0800. The number of hydrogen-bond acceptors (Lipinski definition) is 2. The zero-order valence-corrected chi connectivity index (χ0v) is 7.72. The second-order valence-electron chi connectivity index (χ2n) is 4.33. The maximum absolute atomic E-state index is 5.53. The maximum Gasteiger partial charge on any atom is 0.0814 e. The highest BCUT2D eigenvalue weighted by Gasteiger charge is 2.21. The zero-order chi connectivity index (χ0) is 8.32. The van der Waals surface area contributed by atoms with Crippen LogP contribution in [0, 0.1) is 5.41 Å². The van der Waals surface area contributed by atoms with Gasteiger partial charge in [-0.05, 0) is 11.8 Å². The fourth-order valence-corrected chi connectivity index (χ4v) is 1.34. The molecule has 1 heterocycles. The molecule has 0 aromatic carbocycles. The van der Waals surface area contributed by atoms with E-state index in [0.29, 0.717) is 11.5 Å². The van der Waals surface area contributed by atoms with Gasteiger partial charge in [-0.2, -0.15) is 0 Å². The van der Waals surface area contributed by atoms with Crippen LogP contribution in [0.2, 0.25) is 0 Å². The summed E-state index contributed by atoms with van der Waals surface area (Å²) in [6.07, 6.45) is 1.41. The first-order valence-corrected chi connectivity index (χ1v) is 4.27. The summed E-state index contributed by atoms with van der Waals surface area (Å²) in [5, 5.41) is 0. The molecule has 1 saturated heterocycles. The molecule has 2 heteroatoms. The number of hydrogen-bond donors (Lipinski definition) is 0. The van der Waals surface area contributed by atoms with Crippen LogP contribution in [-0.4, -0.2) is 25.9 Å². The van der Waals surface area contributed by atoms with Crippen molar-refractivity contribution in [1.82, 2.24) is 0 Å². The molecular formula is C9H18O2. The molecule has 0 radical (unpaired) electrons. The average Bonchev–Trinajstić information content (AvgIpc) is 1.85. The Kier molecular flexibility index (Phi) is 2.90. The van der Waals surface area contributed by atoms with Crippen molar-refractivity contribution in [2.24, 2.45) is 5.41 Å². The van der Waals surface area contributed by atoms with Crippen LogP contribution in [-0.2, 0) is 9.47 Å². The number of rotatable bonds is 1. The van der Waals surface area contributed by atoms with E-state index >= 15 is 0 Å². The molecule has 0 amide bonds. The lowest BCUT2D eigenvalue weighted by Gasteiger charge is -2.28. The smallest absolute Gasteiger partial charge is 0.0814 e. The molecule has 0 aliphatic carbocycles. The Bertz CT molecular complexity index is 109. The van der Waals surface area contributed by atoms with Gasteiger partial charge >= 0.3 is 0 Å². The van der Waals surface area contributed by atoms with E-state index in [2.05, 4.69) is 20.8 Å². The molecule has 1 unspecified atom stereocenters. The van der Waals surface area contributed by atoms with Crippen LogP contribution in [0.5, 0.6) is 0 Å². The van der Waals surface area contributed by atoms with Gasteiger partial charge in [-0.15, -0.1) is 0 Å². The van der Waals surface area contributed by atoms with E-state index in [1.165, 1.54) is 0 Å². The third-order valence-electron chi connectivity index (χ3n) is 1.73. The molecule has 1 fully saturated rings. The van der Waals surface area contributed by atoms with Crippen LogP contribution in [0.3, 0.4) is 0 Å². The lowest BCUT2D eigenvalue weighted by Crippen LogP contribution is -2.31. The normalized spacial score (nSPS) is 27.0. The highest BCUT2D eigenvalue weighted by Crippen LogP contribution is 2.23. The van der Waals surface area contributed by atoms with Crippen molar-refractivity contribution in [2.75, 3.05) is 19.8 Å². The highest BCUT2D eigenvalue weighted by molar-refractivity contribution is 4.70. The van der Waals surface area contributed by atoms with Gasteiger partial charge in [0.1, 0.15) is 0 Å². The predicted octanol–water partition coefficient (Wildman–Crippen LogP) is 1.84. The third kappa shape index (κ3) is 3.73. The summed E-state index contributed by atoms with van der Waals surface area (Å²) in [7, 11) is 0. The van der Waals surface area contributed by atoms with E-state index in [1.54, 1.807) is 0 Å². The molecule has 1 aliphatic heterocycles. The molecule has 1 rings (SSSR count). The Morgan fingerprint density at radius 1 is 1.27 bits per heavy atom. The minimum Gasteiger partial charge on any atom is -0.376 e. The topological polar surface area (TPSA) is 18.5 Å². The fourth-order valence-electron chi connectivity index (χ4n) is 1.34. The maximum atomic E-state index is 5.53. The summed E-state index contributed by atoms with van der Waals surface area (Å²) in [5.74, 6) is 0. The van der Waals surface area contributed by atoms with Gasteiger partial charge in [0.2, 0.25) is 0 Å². The second-order valence-corrected chi connectivity index (χ2v) is 4.33. The Balaban J connectivity index is 2.24. The molecule has 0 aromatic heterocycles.